The third kappa shape index (κ3) is 2.96. The number of nitrogens with one attached hydrogen (secondary N) is 1. The molecule has 0 radical (unpaired) electrons. The van der Waals surface area contributed by atoms with Crippen molar-refractivity contribution in [2.75, 3.05) is 6.54 Å². The van der Waals surface area contributed by atoms with Crippen molar-refractivity contribution in [2.45, 2.75) is 32.2 Å². The minimum Gasteiger partial charge on any atom is -0.310 e. The van der Waals surface area contributed by atoms with Crippen LogP contribution in [0.25, 0.3) is 6.08 Å². The van der Waals surface area contributed by atoms with E-state index in [9.17, 15) is 0 Å². The summed E-state index contributed by atoms with van der Waals surface area (Å²) in [6.45, 7) is 3.30. The van der Waals surface area contributed by atoms with Gasteiger partial charge < -0.3 is 5.32 Å². The van der Waals surface area contributed by atoms with E-state index >= 15 is 0 Å². The molecule has 1 heterocycles. The Hall–Kier alpha value is -0.600. The van der Waals surface area contributed by atoms with Crippen LogP contribution < -0.4 is 5.32 Å². The maximum atomic E-state index is 3.56. The van der Waals surface area contributed by atoms with Crippen molar-refractivity contribution in [3.8, 4) is 0 Å². The number of rotatable bonds is 5. The van der Waals surface area contributed by atoms with E-state index in [-0.39, 0.29) is 0 Å². The van der Waals surface area contributed by atoms with Crippen LogP contribution in [0.2, 0.25) is 0 Å². The maximum absolute atomic E-state index is 3.56. The molecule has 1 aromatic heterocycles. The molecule has 1 fully saturated rings. The van der Waals surface area contributed by atoms with Crippen LogP contribution in [0.1, 0.15) is 31.7 Å². The van der Waals surface area contributed by atoms with Crippen molar-refractivity contribution < 1.29 is 0 Å². The van der Waals surface area contributed by atoms with E-state index in [0.29, 0.717) is 0 Å². The smallest absolute Gasteiger partial charge is 0.0170 e. The molecule has 0 unspecified atom stereocenters. The van der Waals surface area contributed by atoms with Crippen LogP contribution in [0.4, 0.5) is 0 Å². The van der Waals surface area contributed by atoms with Crippen LogP contribution >= 0.6 is 11.3 Å². The molecule has 76 valence electrons. The van der Waals surface area contributed by atoms with Crippen LogP contribution in [0.15, 0.2) is 22.4 Å². The lowest BCUT2D eigenvalue weighted by Crippen LogP contribution is -2.18. The number of hydrogen-bond donors (Lipinski definition) is 1. The van der Waals surface area contributed by atoms with Gasteiger partial charge in [-0.15, -0.1) is 0 Å². The summed E-state index contributed by atoms with van der Waals surface area (Å²) in [6, 6.07) is 2.99. The Morgan fingerprint density at radius 1 is 1.64 bits per heavy atom. The minimum atomic E-state index is 0.812. The SMILES string of the molecule is CCC(=Cc1ccsc1)CNC1CC1. The molecule has 0 atom stereocenters. The van der Waals surface area contributed by atoms with Crippen molar-refractivity contribution in [3.05, 3.63) is 28.0 Å². The van der Waals surface area contributed by atoms with Crippen LogP contribution in [0, 0.1) is 0 Å². The Kier molecular flexibility index (Phi) is 3.38. The molecule has 1 aromatic rings. The zero-order valence-electron chi connectivity index (χ0n) is 8.62. The maximum Gasteiger partial charge on any atom is 0.0170 e. The molecule has 2 rings (SSSR count). The lowest BCUT2D eigenvalue weighted by Gasteiger charge is -2.05. The summed E-state index contributed by atoms with van der Waals surface area (Å²) in [5.74, 6) is 0. The Morgan fingerprint density at radius 2 is 2.50 bits per heavy atom. The average Bonchev–Trinajstić information content (AvgIpc) is 2.90. The second-order valence-electron chi connectivity index (χ2n) is 3.87. The summed E-state index contributed by atoms with van der Waals surface area (Å²) in [5.41, 5.74) is 2.86. The molecule has 0 saturated heterocycles. The van der Waals surface area contributed by atoms with Crippen molar-refractivity contribution in [2.24, 2.45) is 0 Å². The molecule has 1 saturated carbocycles. The quantitative estimate of drug-likeness (QED) is 0.781. The summed E-state index contributed by atoms with van der Waals surface area (Å²) in [7, 11) is 0. The predicted octanol–water partition coefficient (Wildman–Crippen LogP) is 3.29. The third-order valence-corrected chi connectivity index (χ3v) is 3.26. The fourth-order valence-corrected chi connectivity index (χ4v) is 2.05. The Morgan fingerprint density at radius 3 is 3.07 bits per heavy atom. The fourth-order valence-electron chi connectivity index (χ4n) is 1.43. The predicted molar refractivity (Wildman–Crippen MR) is 63.6 cm³/mol. The minimum absolute atomic E-state index is 0.812. The largest absolute Gasteiger partial charge is 0.310 e. The summed E-state index contributed by atoms with van der Waals surface area (Å²) in [4.78, 5) is 0. The van der Waals surface area contributed by atoms with Crippen LogP contribution in [0.5, 0.6) is 0 Å². The molecule has 0 aromatic carbocycles. The molecular weight excluding hydrogens is 190 g/mol. The first-order valence-corrected chi connectivity index (χ1v) is 6.28. The normalized spacial score (nSPS) is 17.4. The van der Waals surface area contributed by atoms with Gasteiger partial charge in [0.05, 0.1) is 0 Å². The monoisotopic (exact) mass is 207 g/mol. The first kappa shape index (κ1) is 9.94. The molecule has 0 bridgehead atoms. The van der Waals surface area contributed by atoms with Crippen molar-refractivity contribution >= 4 is 17.4 Å². The van der Waals surface area contributed by atoms with Gasteiger partial charge in [-0.25, -0.2) is 0 Å². The van der Waals surface area contributed by atoms with Crippen molar-refractivity contribution in [1.29, 1.82) is 0 Å². The molecule has 0 amide bonds. The van der Waals surface area contributed by atoms with E-state index in [0.717, 1.165) is 19.0 Å². The molecule has 0 aliphatic heterocycles. The van der Waals surface area contributed by atoms with Gasteiger partial charge in [-0.1, -0.05) is 18.6 Å². The highest BCUT2D eigenvalue weighted by Gasteiger charge is 2.19. The molecule has 1 aliphatic carbocycles. The second-order valence-corrected chi connectivity index (χ2v) is 4.65. The van der Waals surface area contributed by atoms with Gasteiger partial charge in [-0.3, -0.25) is 0 Å². The molecular formula is C12H17NS. The van der Waals surface area contributed by atoms with E-state index in [2.05, 4.69) is 35.1 Å². The van der Waals surface area contributed by atoms with Crippen LogP contribution in [0.3, 0.4) is 0 Å². The lowest BCUT2D eigenvalue weighted by atomic mass is 10.1. The molecule has 1 nitrogen and oxygen atoms in total. The van der Waals surface area contributed by atoms with Gasteiger partial charge >= 0.3 is 0 Å². The van der Waals surface area contributed by atoms with E-state index in [1.165, 1.54) is 24.0 Å². The highest BCUT2D eigenvalue weighted by molar-refractivity contribution is 7.08. The van der Waals surface area contributed by atoms with Gasteiger partial charge in [0.1, 0.15) is 0 Å². The Balaban J connectivity index is 1.90. The molecule has 1 N–H and O–H groups in total. The first-order chi connectivity index (χ1) is 6.88. The van der Waals surface area contributed by atoms with Crippen molar-refractivity contribution in [1.82, 2.24) is 5.32 Å². The van der Waals surface area contributed by atoms with Gasteiger partial charge in [0.15, 0.2) is 0 Å². The average molecular weight is 207 g/mol. The molecule has 2 heteroatoms. The van der Waals surface area contributed by atoms with E-state index in [4.69, 9.17) is 0 Å². The van der Waals surface area contributed by atoms with Gasteiger partial charge in [0, 0.05) is 12.6 Å². The Labute approximate surface area is 89.8 Å². The fraction of sp³-hybridized carbons (Fsp3) is 0.500. The second kappa shape index (κ2) is 4.76. The third-order valence-electron chi connectivity index (χ3n) is 2.56. The van der Waals surface area contributed by atoms with E-state index < -0.39 is 0 Å². The summed E-state index contributed by atoms with van der Waals surface area (Å²) in [5, 5.41) is 7.89. The van der Waals surface area contributed by atoms with Gasteiger partial charge in [0.25, 0.3) is 0 Å². The lowest BCUT2D eigenvalue weighted by molar-refractivity contribution is 0.723. The Bertz CT molecular complexity index is 296. The number of hydrogen-bond acceptors (Lipinski definition) is 2. The topological polar surface area (TPSA) is 12.0 Å². The zero-order chi connectivity index (χ0) is 9.80. The van der Waals surface area contributed by atoms with Crippen LogP contribution in [-0.4, -0.2) is 12.6 Å². The summed E-state index contributed by atoms with van der Waals surface area (Å²) < 4.78 is 0. The summed E-state index contributed by atoms with van der Waals surface area (Å²) in [6.07, 6.45) is 6.20. The van der Waals surface area contributed by atoms with E-state index in [1.54, 1.807) is 11.3 Å². The first-order valence-electron chi connectivity index (χ1n) is 5.33. The zero-order valence-corrected chi connectivity index (χ0v) is 9.44. The van der Waals surface area contributed by atoms with Gasteiger partial charge in [-0.05, 0) is 41.7 Å². The van der Waals surface area contributed by atoms with Gasteiger partial charge in [-0.2, -0.15) is 11.3 Å². The van der Waals surface area contributed by atoms with Gasteiger partial charge in [0.2, 0.25) is 0 Å². The highest BCUT2D eigenvalue weighted by Crippen LogP contribution is 2.19. The number of thiophene rings is 1. The summed E-state index contributed by atoms with van der Waals surface area (Å²) >= 11 is 1.76. The highest BCUT2D eigenvalue weighted by atomic mass is 32.1. The molecule has 14 heavy (non-hydrogen) atoms. The standard InChI is InChI=1S/C12H17NS/c1-2-10(8-13-12-3-4-12)7-11-5-6-14-9-11/h5-7,9,12-13H,2-4,8H2,1H3. The van der Waals surface area contributed by atoms with Crippen LogP contribution in [-0.2, 0) is 0 Å². The molecule has 1 aliphatic rings. The van der Waals surface area contributed by atoms with Crippen molar-refractivity contribution in [3.63, 3.8) is 0 Å². The molecule has 0 spiro atoms. The van der Waals surface area contributed by atoms with E-state index in [1.807, 2.05) is 0 Å².